The predicted octanol–water partition coefficient (Wildman–Crippen LogP) is 3.05. The molecule has 0 saturated carbocycles. The van der Waals surface area contributed by atoms with Gasteiger partial charge in [0.05, 0.1) is 31.7 Å². The van der Waals surface area contributed by atoms with Gasteiger partial charge in [-0.3, -0.25) is 0 Å². The van der Waals surface area contributed by atoms with Gasteiger partial charge in [0.25, 0.3) is 0 Å². The van der Waals surface area contributed by atoms with Gasteiger partial charge in [-0.1, -0.05) is 0 Å². The third-order valence-electron chi connectivity index (χ3n) is 5.36. The first kappa shape index (κ1) is 19.1. The van der Waals surface area contributed by atoms with Crippen LogP contribution >= 0.6 is 10.0 Å². The van der Waals surface area contributed by atoms with Crippen molar-refractivity contribution in [3.05, 3.63) is 24.5 Å². The van der Waals surface area contributed by atoms with Crippen molar-refractivity contribution in [1.82, 2.24) is 9.55 Å². The van der Waals surface area contributed by atoms with Crippen LogP contribution < -0.4 is 4.90 Å². The summed E-state index contributed by atoms with van der Waals surface area (Å²) >= 11 is 0. The Morgan fingerprint density at radius 2 is 1.93 bits per heavy atom. The molecule has 2 aromatic heterocycles. The van der Waals surface area contributed by atoms with Crippen molar-refractivity contribution in [3.63, 3.8) is 0 Å². The molecule has 0 unspecified atom stereocenters. The number of ether oxygens (including phenoxy) is 3. The van der Waals surface area contributed by atoms with Gasteiger partial charge in [-0.2, -0.15) is 0 Å². The van der Waals surface area contributed by atoms with E-state index in [9.17, 15) is 0 Å². The van der Waals surface area contributed by atoms with Crippen molar-refractivity contribution in [2.75, 3.05) is 62.3 Å². The van der Waals surface area contributed by atoms with E-state index in [4.69, 9.17) is 19.2 Å². The minimum Gasteiger partial charge on any atom is -0.370 e. The summed E-state index contributed by atoms with van der Waals surface area (Å²) in [7, 11) is -0.507. The molecule has 2 fully saturated rings. The average Bonchev–Trinajstić information content (AvgIpc) is 3.25. The molecule has 0 aliphatic carbocycles. The van der Waals surface area contributed by atoms with Crippen LogP contribution in [0.2, 0.25) is 0 Å². The first-order chi connectivity index (χ1) is 12.9. The lowest BCUT2D eigenvalue weighted by atomic mass is 10.0. The summed E-state index contributed by atoms with van der Waals surface area (Å²) in [5.41, 5.74) is 2.16. The van der Waals surface area contributed by atoms with Crippen molar-refractivity contribution >= 4 is 26.7 Å². The quantitative estimate of drug-likeness (QED) is 0.706. The third kappa shape index (κ3) is 4.42. The Bertz CT molecular complexity index is 770. The maximum absolute atomic E-state index is 5.87. The molecule has 7 heteroatoms. The predicted molar refractivity (Wildman–Crippen MR) is 112 cm³/mol. The lowest BCUT2D eigenvalue weighted by Crippen LogP contribution is -2.45. The Morgan fingerprint density at radius 3 is 2.63 bits per heavy atom. The number of aromatic nitrogens is 2. The fraction of sp³-hybridized carbons (Fsp3) is 0.650. The number of hydrogen-bond donors (Lipinski definition) is 0. The fourth-order valence-electron chi connectivity index (χ4n) is 3.71. The van der Waals surface area contributed by atoms with Gasteiger partial charge in [0.15, 0.2) is 5.79 Å². The minimum atomic E-state index is -0.507. The second-order valence-corrected chi connectivity index (χ2v) is 12.9. The molecule has 2 saturated heterocycles. The van der Waals surface area contributed by atoms with E-state index in [0.29, 0.717) is 6.73 Å². The van der Waals surface area contributed by atoms with Gasteiger partial charge >= 0.3 is 0 Å². The Balaban J connectivity index is 1.37. The van der Waals surface area contributed by atoms with Gasteiger partial charge < -0.3 is 23.7 Å². The topological polar surface area (TPSA) is 48.8 Å². The van der Waals surface area contributed by atoms with Crippen LogP contribution in [0, 0.1) is 0 Å². The van der Waals surface area contributed by atoms with Crippen molar-refractivity contribution in [2.45, 2.75) is 25.4 Å². The van der Waals surface area contributed by atoms with Crippen LogP contribution in [0.5, 0.6) is 0 Å². The number of piperidine rings is 1. The SMILES string of the molecule is CS(C)(C)CCOCn1ccc2cc(N3CCC4(CC3)OCCO4)cnc21. The van der Waals surface area contributed by atoms with Gasteiger partial charge in [0.2, 0.25) is 0 Å². The lowest BCUT2D eigenvalue weighted by Gasteiger charge is -2.38. The Morgan fingerprint density at radius 1 is 1.19 bits per heavy atom. The van der Waals surface area contributed by atoms with E-state index in [1.54, 1.807) is 0 Å². The number of anilines is 1. The average molecular weight is 394 g/mol. The summed E-state index contributed by atoms with van der Waals surface area (Å²) < 4.78 is 19.6. The van der Waals surface area contributed by atoms with Crippen LogP contribution in [-0.4, -0.2) is 72.8 Å². The molecule has 2 aliphatic heterocycles. The maximum Gasteiger partial charge on any atom is 0.171 e. The molecule has 0 atom stereocenters. The normalized spacial score (nSPS) is 20.6. The van der Waals surface area contributed by atoms with Crippen LogP contribution in [0.1, 0.15) is 12.8 Å². The number of nitrogens with zero attached hydrogens (tertiary/aromatic N) is 3. The molecule has 1 spiro atoms. The molecule has 2 aromatic rings. The number of rotatable bonds is 6. The summed E-state index contributed by atoms with van der Waals surface area (Å²) in [5, 5.41) is 1.16. The maximum atomic E-state index is 5.87. The van der Waals surface area contributed by atoms with Crippen molar-refractivity contribution < 1.29 is 14.2 Å². The fourth-order valence-corrected chi connectivity index (χ4v) is 4.32. The molecule has 4 rings (SSSR count). The number of pyridine rings is 1. The number of fused-ring (bicyclic) bond motifs is 1. The zero-order valence-corrected chi connectivity index (χ0v) is 17.5. The van der Waals surface area contributed by atoms with E-state index in [0.717, 1.165) is 62.5 Å². The third-order valence-corrected chi connectivity index (χ3v) is 6.75. The highest BCUT2D eigenvalue weighted by atomic mass is 32.3. The molecular weight excluding hydrogens is 362 g/mol. The van der Waals surface area contributed by atoms with Crippen LogP contribution in [0.3, 0.4) is 0 Å². The van der Waals surface area contributed by atoms with E-state index >= 15 is 0 Å². The molecule has 150 valence electrons. The standard InChI is InChI=1S/C20H31N3O3S/c1-27(2,3)13-12-24-16-23-7-4-17-14-18(15-21-19(17)23)22-8-5-20(6-9-22)25-10-11-26-20/h4,7,14-15H,5-6,8-13,16H2,1-3H3. The van der Waals surface area contributed by atoms with Crippen LogP contribution in [-0.2, 0) is 20.9 Å². The summed E-state index contributed by atoms with van der Waals surface area (Å²) in [4.78, 5) is 7.09. The van der Waals surface area contributed by atoms with Crippen molar-refractivity contribution in [3.8, 4) is 0 Å². The Hall–Kier alpha value is -1.28. The summed E-state index contributed by atoms with van der Waals surface area (Å²) in [6.07, 6.45) is 12.8. The summed E-state index contributed by atoms with van der Waals surface area (Å²) in [6.45, 7) is 4.68. The van der Waals surface area contributed by atoms with Gasteiger partial charge in [0, 0.05) is 43.3 Å². The monoisotopic (exact) mass is 393 g/mol. The van der Waals surface area contributed by atoms with Crippen LogP contribution in [0.25, 0.3) is 11.0 Å². The van der Waals surface area contributed by atoms with E-state index in [2.05, 4.69) is 46.6 Å². The van der Waals surface area contributed by atoms with Crippen molar-refractivity contribution in [2.24, 2.45) is 0 Å². The lowest BCUT2D eigenvalue weighted by molar-refractivity contribution is -0.169. The second-order valence-electron chi connectivity index (χ2n) is 8.32. The second kappa shape index (κ2) is 7.62. The first-order valence-electron chi connectivity index (χ1n) is 9.66. The largest absolute Gasteiger partial charge is 0.370 e. The highest BCUT2D eigenvalue weighted by molar-refractivity contribution is 8.32. The van der Waals surface area contributed by atoms with Gasteiger partial charge in [-0.25, -0.2) is 15.0 Å². The van der Waals surface area contributed by atoms with Crippen LogP contribution in [0.4, 0.5) is 5.69 Å². The van der Waals surface area contributed by atoms with E-state index < -0.39 is 10.0 Å². The minimum absolute atomic E-state index is 0.330. The molecule has 6 nitrogen and oxygen atoms in total. The molecule has 4 heterocycles. The zero-order chi connectivity index (χ0) is 18.9. The Labute approximate surface area is 163 Å². The molecular formula is C20H31N3O3S. The molecule has 27 heavy (non-hydrogen) atoms. The van der Waals surface area contributed by atoms with E-state index in [-0.39, 0.29) is 5.79 Å². The smallest absolute Gasteiger partial charge is 0.171 e. The first-order valence-corrected chi connectivity index (χ1v) is 12.7. The molecule has 0 bridgehead atoms. The molecule has 0 radical (unpaired) electrons. The van der Waals surface area contributed by atoms with Crippen LogP contribution in [0.15, 0.2) is 24.5 Å². The summed E-state index contributed by atoms with van der Waals surface area (Å²) in [5.74, 6) is 0.803. The number of hydrogen-bond acceptors (Lipinski definition) is 5. The molecule has 2 aliphatic rings. The van der Waals surface area contributed by atoms with Crippen molar-refractivity contribution in [1.29, 1.82) is 0 Å². The van der Waals surface area contributed by atoms with E-state index in [1.165, 1.54) is 5.69 Å². The molecule has 0 aromatic carbocycles. The highest BCUT2D eigenvalue weighted by Crippen LogP contribution is 2.34. The van der Waals surface area contributed by atoms with Gasteiger partial charge in [0.1, 0.15) is 12.4 Å². The van der Waals surface area contributed by atoms with Gasteiger partial charge in [-0.15, -0.1) is 0 Å². The Kier molecular flexibility index (Phi) is 5.38. The van der Waals surface area contributed by atoms with E-state index in [1.807, 2.05) is 6.20 Å². The molecule has 0 amide bonds. The van der Waals surface area contributed by atoms with Gasteiger partial charge in [-0.05, 0) is 30.9 Å². The molecule has 0 N–H and O–H groups in total. The zero-order valence-electron chi connectivity index (χ0n) is 16.6. The highest BCUT2D eigenvalue weighted by Gasteiger charge is 2.39. The summed E-state index contributed by atoms with van der Waals surface area (Å²) in [6, 6.07) is 4.35.